The van der Waals surface area contributed by atoms with Gasteiger partial charge < -0.3 is 15.1 Å². The highest BCUT2D eigenvalue weighted by molar-refractivity contribution is 5.96. The summed E-state index contributed by atoms with van der Waals surface area (Å²) in [6.45, 7) is 1.70. The van der Waals surface area contributed by atoms with Crippen LogP contribution in [0.25, 0.3) is 11.1 Å². The summed E-state index contributed by atoms with van der Waals surface area (Å²) in [5.41, 5.74) is 2.99. The number of fused-ring (bicyclic) bond motifs is 1. The Kier molecular flexibility index (Phi) is 4.38. The molecule has 7 heteroatoms. The number of nitrogens with one attached hydrogen (secondary N) is 2. The Labute approximate surface area is 143 Å². The monoisotopic (exact) mass is 339 g/mol. The molecule has 0 fully saturated rings. The van der Waals surface area contributed by atoms with Crippen LogP contribution in [0.5, 0.6) is 0 Å². The first-order valence-electron chi connectivity index (χ1n) is 7.68. The zero-order valence-electron chi connectivity index (χ0n) is 13.8. The van der Waals surface area contributed by atoms with Crippen LogP contribution in [0.15, 0.2) is 51.7 Å². The number of benzene rings is 2. The molecule has 128 valence electrons. The van der Waals surface area contributed by atoms with E-state index in [2.05, 4.69) is 10.6 Å². The fraction of sp³-hybridized carbons (Fsp3) is 0.167. The highest BCUT2D eigenvalue weighted by atomic mass is 16.4. The first-order chi connectivity index (χ1) is 11.9. The summed E-state index contributed by atoms with van der Waals surface area (Å²) in [5, 5.41) is 5.44. The molecule has 7 nitrogen and oxygen atoms in total. The van der Waals surface area contributed by atoms with E-state index >= 15 is 0 Å². The number of aromatic nitrogens is 1. The van der Waals surface area contributed by atoms with Crippen LogP contribution in [0, 0.1) is 0 Å². The van der Waals surface area contributed by atoms with Gasteiger partial charge in [-0.25, -0.2) is 4.79 Å². The van der Waals surface area contributed by atoms with E-state index in [1.165, 1.54) is 11.5 Å². The van der Waals surface area contributed by atoms with Gasteiger partial charge in [-0.2, -0.15) is 0 Å². The third-order valence-corrected chi connectivity index (χ3v) is 3.75. The van der Waals surface area contributed by atoms with Crippen molar-refractivity contribution in [3.8, 4) is 0 Å². The zero-order valence-corrected chi connectivity index (χ0v) is 13.8. The largest absolute Gasteiger partial charge is 0.419 e. The number of nitrogens with zero attached hydrogens (tertiary/aromatic N) is 1. The minimum absolute atomic E-state index is 0.199. The van der Waals surface area contributed by atoms with Gasteiger partial charge in [-0.3, -0.25) is 14.2 Å². The molecule has 0 aliphatic carbocycles. The van der Waals surface area contributed by atoms with E-state index < -0.39 is 5.76 Å². The average molecular weight is 339 g/mol. The van der Waals surface area contributed by atoms with E-state index in [1.54, 1.807) is 43.4 Å². The van der Waals surface area contributed by atoms with Crippen molar-refractivity contribution in [3.05, 3.63) is 64.1 Å². The Morgan fingerprint density at radius 1 is 1.16 bits per heavy atom. The van der Waals surface area contributed by atoms with Gasteiger partial charge in [0.2, 0.25) is 5.91 Å². The predicted octanol–water partition coefficient (Wildman–Crippen LogP) is 2.02. The van der Waals surface area contributed by atoms with Crippen molar-refractivity contribution in [2.24, 2.45) is 7.05 Å². The molecule has 2 N–H and O–H groups in total. The van der Waals surface area contributed by atoms with E-state index in [1.807, 2.05) is 6.07 Å². The molecule has 3 aromatic rings. The molecule has 1 aromatic heterocycles. The second kappa shape index (κ2) is 6.64. The lowest BCUT2D eigenvalue weighted by molar-refractivity contribution is -0.114. The second-order valence-electron chi connectivity index (χ2n) is 5.67. The standard InChI is InChI=1S/C18H17N3O4/c1-11(22)20-14-5-3-4-13(9-14)17(23)19-10-12-6-7-15-16(8-12)25-18(24)21(15)2/h3-9H,10H2,1-2H3,(H,19,23)(H,20,22). The van der Waals surface area contributed by atoms with Crippen LogP contribution in [-0.2, 0) is 18.4 Å². The summed E-state index contributed by atoms with van der Waals surface area (Å²) in [4.78, 5) is 34.9. The number of aryl methyl sites for hydroxylation is 1. The van der Waals surface area contributed by atoms with Crippen molar-refractivity contribution in [2.45, 2.75) is 13.5 Å². The lowest BCUT2D eigenvalue weighted by Gasteiger charge is -2.07. The maximum absolute atomic E-state index is 12.3. The first-order valence-corrected chi connectivity index (χ1v) is 7.68. The molecular weight excluding hydrogens is 322 g/mol. The smallest absolute Gasteiger partial charge is 0.408 e. The summed E-state index contributed by atoms with van der Waals surface area (Å²) < 4.78 is 6.56. The van der Waals surface area contributed by atoms with Crippen LogP contribution >= 0.6 is 0 Å². The number of amides is 2. The number of carbonyl (C=O) groups is 2. The van der Waals surface area contributed by atoms with Crippen molar-refractivity contribution in [1.29, 1.82) is 0 Å². The molecule has 0 aliphatic heterocycles. The molecule has 0 bridgehead atoms. The number of anilines is 1. The molecule has 0 aliphatic rings. The number of rotatable bonds is 4. The highest BCUT2D eigenvalue weighted by Crippen LogP contribution is 2.15. The van der Waals surface area contributed by atoms with Crippen LogP contribution < -0.4 is 16.4 Å². The summed E-state index contributed by atoms with van der Waals surface area (Å²) in [5.74, 6) is -0.886. The van der Waals surface area contributed by atoms with Crippen LogP contribution in [0.4, 0.5) is 5.69 Å². The topological polar surface area (TPSA) is 93.3 Å². The van der Waals surface area contributed by atoms with Gasteiger partial charge in [-0.1, -0.05) is 12.1 Å². The predicted molar refractivity (Wildman–Crippen MR) is 93.4 cm³/mol. The van der Waals surface area contributed by atoms with E-state index in [-0.39, 0.29) is 18.4 Å². The molecule has 0 saturated carbocycles. The Morgan fingerprint density at radius 2 is 1.96 bits per heavy atom. The summed E-state index contributed by atoms with van der Waals surface area (Å²) in [6, 6.07) is 12.0. The fourth-order valence-electron chi connectivity index (χ4n) is 2.51. The van der Waals surface area contributed by atoms with Crippen molar-refractivity contribution in [1.82, 2.24) is 9.88 Å². The van der Waals surface area contributed by atoms with Gasteiger partial charge >= 0.3 is 5.76 Å². The molecule has 0 saturated heterocycles. The number of oxazole rings is 1. The molecular formula is C18H17N3O4. The Hall–Kier alpha value is -3.35. The molecule has 2 aromatic carbocycles. The molecule has 0 spiro atoms. The summed E-state index contributed by atoms with van der Waals surface area (Å²) in [6.07, 6.45) is 0. The Balaban J connectivity index is 1.72. The molecule has 3 rings (SSSR count). The Bertz CT molecular complexity index is 1020. The maximum Gasteiger partial charge on any atom is 0.419 e. The molecule has 0 unspecified atom stereocenters. The normalized spacial score (nSPS) is 10.6. The minimum atomic E-state index is -0.425. The van der Waals surface area contributed by atoms with Gasteiger partial charge in [0.05, 0.1) is 5.52 Å². The number of carbonyl (C=O) groups excluding carboxylic acids is 2. The Morgan fingerprint density at radius 3 is 2.72 bits per heavy atom. The molecule has 1 heterocycles. The van der Waals surface area contributed by atoms with Gasteiger partial charge in [0.25, 0.3) is 5.91 Å². The van der Waals surface area contributed by atoms with Gasteiger partial charge in [-0.05, 0) is 35.9 Å². The average Bonchev–Trinajstić information content (AvgIpc) is 2.86. The van der Waals surface area contributed by atoms with E-state index in [0.717, 1.165) is 5.56 Å². The molecule has 25 heavy (non-hydrogen) atoms. The van der Waals surface area contributed by atoms with Crippen molar-refractivity contribution in [2.75, 3.05) is 5.32 Å². The van der Waals surface area contributed by atoms with E-state index in [9.17, 15) is 14.4 Å². The highest BCUT2D eigenvalue weighted by Gasteiger charge is 2.09. The van der Waals surface area contributed by atoms with E-state index in [4.69, 9.17) is 4.42 Å². The lowest BCUT2D eigenvalue weighted by atomic mass is 10.1. The summed E-state index contributed by atoms with van der Waals surface area (Å²) >= 11 is 0. The third kappa shape index (κ3) is 3.60. The number of hydrogen-bond donors (Lipinski definition) is 2. The molecule has 2 amide bonds. The fourth-order valence-corrected chi connectivity index (χ4v) is 2.51. The van der Waals surface area contributed by atoms with Gasteiger partial charge in [0, 0.05) is 31.8 Å². The quantitative estimate of drug-likeness (QED) is 0.760. The SMILES string of the molecule is CC(=O)Nc1cccc(C(=O)NCc2ccc3c(c2)oc(=O)n3C)c1. The number of hydrogen-bond acceptors (Lipinski definition) is 4. The van der Waals surface area contributed by atoms with E-state index in [0.29, 0.717) is 22.4 Å². The second-order valence-corrected chi connectivity index (χ2v) is 5.67. The first kappa shape index (κ1) is 16.5. The van der Waals surface area contributed by atoms with Gasteiger partial charge in [0.15, 0.2) is 5.58 Å². The van der Waals surface area contributed by atoms with Gasteiger partial charge in [0.1, 0.15) is 0 Å². The molecule has 0 atom stereocenters. The van der Waals surface area contributed by atoms with Gasteiger partial charge in [-0.15, -0.1) is 0 Å². The van der Waals surface area contributed by atoms with Crippen LogP contribution in [0.2, 0.25) is 0 Å². The lowest BCUT2D eigenvalue weighted by Crippen LogP contribution is -2.23. The van der Waals surface area contributed by atoms with Crippen LogP contribution in [0.1, 0.15) is 22.8 Å². The minimum Gasteiger partial charge on any atom is -0.408 e. The van der Waals surface area contributed by atoms with Crippen molar-refractivity contribution < 1.29 is 14.0 Å². The van der Waals surface area contributed by atoms with Crippen LogP contribution in [0.3, 0.4) is 0 Å². The maximum atomic E-state index is 12.3. The summed E-state index contributed by atoms with van der Waals surface area (Å²) in [7, 11) is 1.64. The molecule has 0 radical (unpaired) electrons. The van der Waals surface area contributed by atoms with Crippen molar-refractivity contribution in [3.63, 3.8) is 0 Å². The van der Waals surface area contributed by atoms with Crippen molar-refractivity contribution >= 4 is 28.6 Å². The third-order valence-electron chi connectivity index (χ3n) is 3.75. The zero-order chi connectivity index (χ0) is 18.0. The van der Waals surface area contributed by atoms with Crippen LogP contribution in [-0.4, -0.2) is 16.4 Å².